The van der Waals surface area contributed by atoms with Gasteiger partial charge in [-0.05, 0) is 62.2 Å². The molecular weight excluding hydrogens is 412 g/mol. The van der Waals surface area contributed by atoms with Crippen molar-refractivity contribution in [1.82, 2.24) is 14.9 Å². The van der Waals surface area contributed by atoms with Crippen LogP contribution in [0.3, 0.4) is 0 Å². The van der Waals surface area contributed by atoms with E-state index in [1.165, 1.54) is 6.07 Å². The van der Waals surface area contributed by atoms with Crippen molar-refractivity contribution in [2.45, 2.75) is 25.9 Å². The lowest BCUT2D eigenvalue weighted by Crippen LogP contribution is -2.38. The van der Waals surface area contributed by atoms with Crippen LogP contribution in [0.25, 0.3) is 21.8 Å². The molecule has 1 N–H and O–H groups in total. The SMILES string of the molecule is Cc1ccc2c3c(ccc2n1)OCC(CNCCCc1cn(C)c2c(F)cc(F)cc12)O3. The highest BCUT2D eigenvalue weighted by Crippen LogP contribution is 2.38. The van der Waals surface area contributed by atoms with Crippen LogP contribution in [0.4, 0.5) is 8.78 Å². The predicted molar refractivity (Wildman–Crippen MR) is 120 cm³/mol. The molecule has 1 unspecified atom stereocenters. The third-order valence-corrected chi connectivity index (χ3v) is 5.88. The number of ether oxygens (including phenoxy) is 2. The molecule has 7 heteroatoms. The van der Waals surface area contributed by atoms with E-state index in [0.29, 0.717) is 24.1 Å². The molecule has 32 heavy (non-hydrogen) atoms. The van der Waals surface area contributed by atoms with Gasteiger partial charge in [0, 0.05) is 42.3 Å². The molecule has 0 fully saturated rings. The molecular formula is C25H25F2N3O2. The number of aromatic nitrogens is 2. The Balaban J connectivity index is 1.18. The molecule has 0 bridgehead atoms. The minimum Gasteiger partial charge on any atom is -0.486 e. The Kier molecular flexibility index (Phi) is 5.43. The highest BCUT2D eigenvalue weighted by atomic mass is 19.1. The van der Waals surface area contributed by atoms with Crippen LogP contribution in [-0.2, 0) is 13.5 Å². The number of benzene rings is 2. The Labute approximate surface area is 185 Å². The molecule has 0 radical (unpaired) electrons. The maximum atomic E-state index is 14.1. The van der Waals surface area contributed by atoms with E-state index in [9.17, 15) is 8.78 Å². The van der Waals surface area contributed by atoms with Gasteiger partial charge in [-0.3, -0.25) is 4.98 Å². The summed E-state index contributed by atoms with van der Waals surface area (Å²) in [6.07, 6.45) is 3.35. The fourth-order valence-corrected chi connectivity index (χ4v) is 4.38. The quantitative estimate of drug-likeness (QED) is 0.445. The lowest BCUT2D eigenvalue weighted by atomic mass is 10.1. The molecule has 166 valence electrons. The first-order valence-electron chi connectivity index (χ1n) is 10.8. The average Bonchev–Trinajstić information content (AvgIpc) is 3.08. The molecule has 5 rings (SSSR count). The second-order valence-electron chi connectivity index (χ2n) is 8.32. The lowest BCUT2D eigenvalue weighted by molar-refractivity contribution is 0.0925. The summed E-state index contributed by atoms with van der Waals surface area (Å²) < 4.78 is 41.6. The normalized spacial score (nSPS) is 15.6. The monoisotopic (exact) mass is 437 g/mol. The second kappa shape index (κ2) is 8.39. The molecule has 0 aliphatic carbocycles. The van der Waals surface area contributed by atoms with Crippen molar-refractivity contribution >= 4 is 21.8 Å². The second-order valence-corrected chi connectivity index (χ2v) is 8.32. The van der Waals surface area contributed by atoms with Crippen LogP contribution in [0.2, 0.25) is 0 Å². The standard InChI is InChI=1S/C25H25F2N3O2/c1-15-5-6-19-22(29-15)7-8-23-25(19)32-18(14-31-23)12-28-9-3-4-16-13-30(2)24-20(16)10-17(26)11-21(24)27/h5-8,10-11,13,18,28H,3-4,9,12,14H2,1-2H3. The van der Waals surface area contributed by atoms with Crippen LogP contribution in [-0.4, -0.2) is 35.4 Å². The van der Waals surface area contributed by atoms with Gasteiger partial charge in [0.1, 0.15) is 24.3 Å². The van der Waals surface area contributed by atoms with E-state index < -0.39 is 11.6 Å². The number of aryl methyl sites for hydroxylation is 3. The van der Waals surface area contributed by atoms with Crippen LogP contribution in [0.5, 0.6) is 11.5 Å². The van der Waals surface area contributed by atoms with Crippen molar-refractivity contribution < 1.29 is 18.3 Å². The van der Waals surface area contributed by atoms with Gasteiger partial charge in [-0.25, -0.2) is 8.78 Å². The van der Waals surface area contributed by atoms with Crippen LogP contribution in [0, 0.1) is 18.6 Å². The third kappa shape index (κ3) is 3.88. The van der Waals surface area contributed by atoms with Gasteiger partial charge in [-0.2, -0.15) is 0 Å². The van der Waals surface area contributed by atoms with E-state index in [2.05, 4.69) is 10.3 Å². The van der Waals surface area contributed by atoms with Crippen molar-refractivity contribution in [1.29, 1.82) is 0 Å². The van der Waals surface area contributed by atoms with Crippen molar-refractivity contribution in [3.63, 3.8) is 0 Å². The average molecular weight is 437 g/mol. The molecule has 0 amide bonds. The minimum absolute atomic E-state index is 0.102. The van der Waals surface area contributed by atoms with Gasteiger partial charge in [0.2, 0.25) is 0 Å². The van der Waals surface area contributed by atoms with Gasteiger partial charge in [-0.1, -0.05) is 0 Å². The summed E-state index contributed by atoms with van der Waals surface area (Å²) in [7, 11) is 1.78. The Morgan fingerprint density at radius 3 is 2.91 bits per heavy atom. The number of fused-ring (bicyclic) bond motifs is 4. The van der Waals surface area contributed by atoms with E-state index in [1.807, 2.05) is 37.4 Å². The molecule has 2 aromatic carbocycles. The lowest BCUT2D eigenvalue weighted by Gasteiger charge is -2.27. The van der Waals surface area contributed by atoms with E-state index in [0.717, 1.165) is 59.1 Å². The first kappa shape index (κ1) is 20.7. The zero-order chi connectivity index (χ0) is 22.2. The first-order chi connectivity index (χ1) is 15.5. The Morgan fingerprint density at radius 1 is 1.16 bits per heavy atom. The molecule has 1 aliphatic heterocycles. The van der Waals surface area contributed by atoms with Gasteiger partial charge in [0.25, 0.3) is 0 Å². The Bertz CT molecular complexity index is 1300. The van der Waals surface area contributed by atoms with E-state index in [-0.39, 0.29) is 6.10 Å². The number of pyridine rings is 1. The summed E-state index contributed by atoms with van der Waals surface area (Å²) in [6, 6.07) is 10.2. The highest BCUT2D eigenvalue weighted by molar-refractivity contribution is 5.88. The van der Waals surface area contributed by atoms with Crippen LogP contribution in [0.15, 0.2) is 42.6 Å². The highest BCUT2D eigenvalue weighted by Gasteiger charge is 2.23. The number of halogens is 2. The molecule has 5 nitrogen and oxygen atoms in total. The van der Waals surface area contributed by atoms with Crippen LogP contribution >= 0.6 is 0 Å². The molecule has 0 saturated heterocycles. The van der Waals surface area contributed by atoms with E-state index in [4.69, 9.17) is 9.47 Å². The molecule has 0 spiro atoms. The van der Waals surface area contributed by atoms with Crippen molar-refractivity contribution in [3.05, 3.63) is 65.5 Å². The first-order valence-corrected chi connectivity index (χ1v) is 10.8. The van der Waals surface area contributed by atoms with Crippen molar-refractivity contribution in [3.8, 4) is 11.5 Å². The van der Waals surface area contributed by atoms with E-state index >= 15 is 0 Å². The summed E-state index contributed by atoms with van der Waals surface area (Å²) >= 11 is 0. The van der Waals surface area contributed by atoms with E-state index in [1.54, 1.807) is 11.6 Å². The number of rotatable bonds is 6. The van der Waals surface area contributed by atoms with Gasteiger partial charge in [0.15, 0.2) is 11.5 Å². The minimum atomic E-state index is -0.548. The fourth-order valence-electron chi connectivity index (χ4n) is 4.38. The summed E-state index contributed by atoms with van der Waals surface area (Å²) in [4.78, 5) is 4.56. The summed E-state index contributed by atoms with van der Waals surface area (Å²) in [5.41, 5.74) is 3.24. The number of nitrogens with zero attached hydrogens (tertiary/aromatic N) is 2. The predicted octanol–water partition coefficient (Wildman–Crippen LogP) is 4.68. The zero-order valence-corrected chi connectivity index (χ0v) is 18.1. The smallest absolute Gasteiger partial charge is 0.171 e. The fraction of sp³-hybridized carbons (Fsp3) is 0.320. The molecule has 4 aromatic rings. The maximum absolute atomic E-state index is 14.1. The number of nitrogens with one attached hydrogen (secondary N) is 1. The Hall–Kier alpha value is -3.19. The molecule has 0 saturated carbocycles. The summed E-state index contributed by atoms with van der Waals surface area (Å²) in [6.45, 7) is 3.85. The van der Waals surface area contributed by atoms with Gasteiger partial charge in [0.05, 0.1) is 11.0 Å². The largest absolute Gasteiger partial charge is 0.486 e. The number of hydrogen-bond donors (Lipinski definition) is 1. The molecule has 3 heterocycles. The summed E-state index contributed by atoms with van der Waals surface area (Å²) in [5, 5.41) is 5.01. The van der Waals surface area contributed by atoms with Gasteiger partial charge >= 0.3 is 0 Å². The van der Waals surface area contributed by atoms with Crippen LogP contribution in [0.1, 0.15) is 17.7 Å². The zero-order valence-electron chi connectivity index (χ0n) is 18.1. The Morgan fingerprint density at radius 2 is 2.03 bits per heavy atom. The topological polar surface area (TPSA) is 48.3 Å². The maximum Gasteiger partial charge on any atom is 0.171 e. The summed E-state index contributed by atoms with van der Waals surface area (Å²) in [5.74, 6) is 0.412. The van der Waals surface area contributed by atoms with Crippen molar-refractivity contribution in [2.24, 2.45) is 7.05 Å². The van der Waals surface area contributed by atoms with Gasteiger partial charge in [-0.15, -0.1) is 0 Å². The van der Waals surface area contributed by atoms with Crippen LogP contribution < -0.4 is 14.8 Å². The molecule has 2 aromatic heterocycles. The van der Waals surface area contributed by atoms with Crippen molar-refractivity contribution in [2.75, 3.05) is 19.7 Å². The van der Waals surface area contributed by atoms with Gasteiger partial charge < -0.3 is 19.4 Å². The molecule has 1 aliphatic rings. The molecule has 1 atom stereocenters. The third-order valence-electron chi connectivity index (χ3n) is 5.88. The number of hydrogen-bond acceptors (Lipinski definition) is 4.